The quantitative estimate of drug-likeness (QED) is 0.702. The Morgan fingerprint density at radius 3 is 2.43 bits per heavy atom. The van der Waals surface area contributed by atoms with Gasteiger partial charge in [-0.1, -0.05) is 20.8 Å². The van der Waals surface area contributed by atoms with Gasteiger partial charge in [0.2, 0.25) is 5.91 Å². The highest BCUT2D eigenvalue weighted by molar-refractivity contribution is 7.92. The Balaban J connectivity index is 2.77. The smallest absolute Gasteiger partial charge is 0.238 e. The van der Waals surface area contributed by atoms with Crippen molar-refractivity contribution in [1.82, 2.24) is 10.2 Å². The molecule has 23 heavy (non-hydrogen) atoms. The monoisotopic (exact) mass is 344 g/mol. The van der Waals surface area contributed by atoms with Crippen molar-refractivity contribution in [3.63, 3.8) is 0 Å². The van der Waals surface area contributed by atoms with E-state index in [2.05, 4.69) is 10.2 Å². The number of furan rings is 1. The summed E-state index contributed by atoms with van der Waals surface area (Å²) in [7, 11) is -3.39. The van der Waals surface area contributed by atoms with E-state index in [1.165, 1.54) is 6.92 Å². The Bertz CT molecular complexity index is 565. The van der Waals surface area contributed by atoms with Crippen molar-refractivity contribution in [2.24, 2.45) is 0 Å². The van der Waals surface area contributed by atoms with Crippen molar-refractivity contribution in [1.29, 1.82) is 0 Å². The maximum Gasteiger partial charge on any atom is 0.238 e. The third-order valence-electron chi connectivity index (χ3n) is 3.99. The maximum absolute atomic E-state index is 12.2. The van der Waals surface area contributed by atoms with Gasteiger partial charge in [0.15, 0.2) is 9.84 Å². The van der Waals surface area contributed by atoms with Crippen LogP contribution in [0.15, 0.2) is 22.8 Å². The Morgan fingerprint density at radius 1 is 1.30 bits per heavy atom. The molecule has 2 atom stereocenters. The van der Waals surface area contributed by atoms with Crippen molar-refractivity contribution < 1.29 is 17.6 Å². The Labute approximate surface area is 139 Å². The van der Waals surface area contributed by atoms with Gasteiger partial charge in [0.25, 0.3) is 0 Å². The molecule has 0 saturated heterocycles. The van der Waals surface area contributed by atoms with Crippen LogP contribution in [0.3, 0.4) is 0 Å². The molecule has 132 valence electrons. The standard InChI is InChI=1S/C16H28N2O4S/c1-5-11-23(20,21)13(4)16(19)17-12-14(18(6-2)7-3)15-9-8-10-22-15/h8-10,13-14H,5-7,11-12H2,1-4H3,(H,17,19). The molecule has 0 spiro atoms. The van der Waals surface area contributed by atoms with Gasteiger partial charge in [0.1, 0.15) is 11.0 Å². The molecular formula is C16H28N2O4S. The minimum Gasteiger partial charge on any atom is -0.468 e. The molecule has 1 aromatic heterocycles. The largest absolute Gasteiger partial charge is 0.468 e. The second kappa shape index (κ2) is 9.08. The molecule has 0 saturated carbocycles. The van der Waals surface area contributed by atoms with Gasteiger partial charge in [-0.15, -0.1) is 0 Å². The Hall–Kier alpha value is -1.34. The summed E-state index contributed by atoms with van der Waals surface area (Å²) in [5, 5.41) is 1.73. The molecular weight excluding hydrogens is 316 g/mol. The van der Waals surface area contributed by atoms with Crippen LogP contribution in [0.5, 0.6) is 0 Å². The molecule has 7 heteroatoms. The van der Waals surface area contributed by atoms with Crippen molar-refractivity contribution in [2.45, 2.75) is 45.4 Å². The highest BCUT2D eigenvalue weighted by Crippen LogP contribution is 2.20. The number of carbonyl (C=O) groups excluding carboxylic acids is 1. The maximum atomic E-state index is 12.2. The second-order valence-electron chi connectivity index (χ2n) is 5.51. The van der Waals surface area contributed by atoms with Crippen LogP contribution in [0.25, 0.3) is 0 Å². The lowest BCUT2D eigenvalue weighted by Crippen LogP contribution is -2.43. The summed E-state index contributed by atoms with van der Waals surface area (Å²) < 4.78 is 29.5. The van der Waals surface area contributed by atoms with Crippen LogP contribution in [0.2, 0.25) is 0 Å². The summed E-state index contributed by atoms with van der Waals surface area (Å²) in [6.07, 6.45) is 2.11. The van der Waals surface area contributed by atoms with E-state index in [9.17, 15) is 13.2 Å². The molecule has 0 aliphatic rings. The van der Waals surface area contributed by atoms with Gasteiger partial charge < -0.3 is 9.73 Å². The molecule has 1 aromatic rings. The molecule has 0 aromatic carbocycles. The number of hydrogen-bond donors (Lipinski definition) is 1. The van der Waals surface area contributed by atoms with Crippen LogP contribution in [-0.2, 0) is 14.6 Å². The first-order valence-electron chi connectivity index (χ1n) is 8.14. The van der Waals surface area contributed by atoms with Crippen LogP contribution in [-0.4, -0.2) is 49.9 Å². The third-order valence-corrected chi connectivity index (χ3v) is 6.26. The van der Waals surface area contributed by atoms with E-state index in [1.54, 1.807) is 13.2 Å². The van der Waals surface area contributed by atoms with Gasteiger partial charge in [0.05, 0.1) is 18.1 Å². The lowest BCUT2D eigenvalue weighted by atomic mass is 10.2. The highest BCUT2D eigenvalue weighted by atomic mass is 32.2. The summed E-state index contributed by atoms with van der Waals surface area (Å²) >= 11 is 0. The first-order chi connectivity index (χ1) is 10.9. The van der Waals surface area contributed by atoms with Crippen molar-refractivity contribution in [3.8, 4) is 0 Å². The number of nitrogens with zero attached hydrogens (tertiary/aromatic N) is 1. The number of sulfone groups is 1. The molecule has 0 aliphatic carbocycles. The van der Waals surface area contributed by atoms with Gasteiger partial charge in [-0.3, -0.25) is 9.69 Å². The lowest BCUT2D eigenvalue weighted by Gasteiger charge is -2.28. The number of rotatable bonds is 10. The van der Waals surface area contributed by atoms with Gasteiger partial charge >= 0.3 is 0 Å². The van der Waals surface area contributed by atoms with Crippen molar-refractivity contribution in [3.05, 3.63) is 24.2 Å². The molecule has 0 fully saturated rings. The SMILES string of the molecule is CCCS(=O)(=O)C(C)C(=O)NCC(c1ccco1)N(CC)CC. The van der Waals surface area contributed by atoms with E-state index in [-0.39, 0.29) is 11.8 Å². The van der Waals surface area contributed by atoms with E-state index < -0.39 is 21.0 Å². The molecule has 0 aliphatic heterocycles. The van der Waals surface area contributed by atoms with Crippen LogP contribution >= 0.6 is 0 Å². The predicted molar refractivity (Wildman–Crippen MR) is 90.9 cm³/mol. The van der Waals surface area contributed by atoms with Gasteiger partial charge in [-0.25, -0.2) is 8.42 Å². The summed E-state index contributed by atoms with van der Waals surface area (Å²) in [5.74, 6) is 0.333. The fourth-order valence-electron chi connectivity index (χ4n) is 2.52. The highest BCUT2D eigenvalue weighted by Gasteiger charge is 2.28. The molecule has 1 heterocycles. The first-order valence-corrected chi connectivity index (χ1v) is 9.85. The molecule has 1 rings (SSSR count). The van der Waals surface area contributed by atoms with Crippen LogP contribution in [0.4, 0.5) is 0 Å². The average Bonchev–Trinajstić information content (AvgIpc) is 3.04. The third kappa shape index (κ3) is 5.35. The zero-order valence-corrected chi connectivity index (χ0v) is 15.2. The van der Waals surface area contributed by atoms with Crippen LogP contribution in [0.1, 0.15) is 45.9 Å². The summed E-state index contributed by atoms with van der Waals surface area (Å²) in [6.45, 7) is 9.24. The Morgan fingerprint density at radius 2 is 1.96 bits per heavy atom. The normalized spacial score (nSPS) is 14.7. The van der Waals surface area contributed by atoms with Crippen LogP contribution < -0.4 is 5.32 Å². The van der Waals surface area contributed by atoms with E-state index in [0.29, 0.717) is 13.0 Å². The zero-order chi connectivity index (χ0) is 17.5. The minimum atomic E-state index is -3.39. The second-order valence-corrected chi connectivity index (χ2v) is 7.95. The number of carbonyl (C=O) groups is 1. The van der Waals surface area contributed by atoms with E-state index >= 15 is 0 Å². The molecule has 2 unspecified atom stereocenters. The number of likely N-dealkylation sites (N-methyl/N-ethyl adjacent to an activating group) is 1. The fourth-order valence-corrected chi connectivity index (χ4v) is 3.85. The average molecular weight is 344 g/mol. The minimum absolute atomic E-state index is 0.0270. The van der Waals surface area contributed by atoms with Crippen molar-refractivity contribution in [2.75, 3.05) is 25.4 Å². The Kier molecular flexibility index (Phi) is 7.78. The molecule has 0 bridgehead atoms. The molecule has 1 N–H and O–H groups in total. The summed E-state index contributed by atoms with van der Waals surface area (Å²) in [4.78, 5) is 14.4. The molecule has 6 nitrogen and oxygen atoms in total. The lowest BCUT2D eigenvalue weighted by molar-refractivity contribution is -0.120. The van der Waals surface area contributed by atoms with Gasteiger partial charge in [0, 0.05) is 6.54 Å². The fraction of sp³-hybridized carbons (Fsp3) is 0.688. The van der Waals surface area contributed by atoms with E-state index in [1.807, 2.05) is 26.0 Å². The molecule has 0 radical (unpaired) electrons. The van der Waals surface area contributed by atoms with E-state index in [4.69, 9.17) is 4.42 Å². The number of hydrogen-bond acceptors (Lipinski definition) is 5. The van der Waals surface area contributed by atoms with Crippen LogP contribution in [0, 0.1) is 0 Å². The summed E-state index contributed by atoms with van der Waals surface area (Å²) in [6, 6.07) is 3.57. The summed E-state index contributed by atoms with van der Waals surface area (Å²) in [5.41, 5.74) is 0. The van der Waals surface area contributed by atoms with Gasteiger partial charge in [-0.05, 0) is 38.6 Å². The number of amides is 1. The zero-order valence-electron chi connectivity index (χ0n) is 14.4. The number of nitrogens with one attached hydrogen (secondary N) is 1. The topological polar surface area (TPSA) is 79.6 Å². The molecule has 1 amide bonds. The van der Waals surface area contributed by atoms with E-state index in [0.717, 1.165) is 18.8 Å². The van der Waals surface area contributed by atoms with Gasteiger partial charge in [-0.2, -0.15) is 0 Å². The van der Waals surface area contributed by atoms with Crippen molar-refractivity contribution >= 4 is 15.7 Å². The predicted octanol–water partition coefficient (Wildman–Crippen LogP) is 1.99. The first kappa shape index (κ1) is 19.7.